The van der Waals surface area contributed by atoms with Gasteiger partial charge in [0.05, 0.1) is 19.8 Å². The maximum atomic E-state index is 13.4. The molecule has 146 valence electrons. The van der Waals surface area contributed by atoms with Crippen molar-refractivity contribution in [1.82, 2.24) is 15.5 Å². The highest BCUT2D eigenvalue weighted by atomic mass is 19.2. The lowest BCUT2D eigenvalue weighted by atomic mass is 10.0. The molecular weight excluding hydrogens is 338 g/mol. The number of hydrogen-bond acceptors (Lipinski definition) is 3. The number of nitrogens with zero attached hydrogens (tertiary/aromatic N) is 2. The van der Waals surface area contributed by atoms with Crippen molar-refractivity contribution in [1.29, 1.82) is 0 Å². The van der Waals surface area contributed by atoms with Crippen molar-refractivity contribution >= 4 is 5.96 Å². The van der Waals surface area contributed by atoms with Crippen LogP contribution >= 0.6 is 0 Å². The zero-order valence-corrected chi connectivity index (χ0v) is 15.9. The van der Waals surface area contributed by atoms with Crippen molar-refractivity contribution in [2.24, 2.45) is 4.99 Å². The number of guanidine groups is 1. The van der Waals surface area contributed by atoms with E-state index < -0.39 is 11.6 Å². The molecule has 0 amide bonds. The Morgan fingerprint density at radius 3 is 2.58 bits per heavy atom. The van der Waals surface area contributed by atoms with Crippen molar-refractivity contribution in [3.05, 3.63) is 35.4 Å². The first-order chi connectivity index (χ1) is 12.5. The smallest absolute Gasteiger partial charge is 0.191 e. The number of hydrogen-bond donors (Lipinski definition) is 2. The average Bonchev–Trinajstić information content (AvgIpc) is 2.66. The fourth-order valence-corrected chi connectivity index (χ4v) is 2.89. The van der Waals surface area contributed by atoms with Gasteiger partial charge in [-0.2, -0.15) is 0 Å². The lowest BCUT2D eigenvalue weighted by molar-refractivity contribution is 0.0220. The van der Waals surface area contributed by atoms with Crippen molar-refractivity contribution in [2.45, 2.75) is 32.7 Å². The van der Waals surface area contributed by atoms with Gasteiger partial charge >= 0.3 is 0 Å². The van der Waals surface area contributed by atoms with Crippen LogP contribution in [-0.2, 0) is 4.74 Å². The van der Waals surface area contributed by atoms with Crippen LogP contribution in [0.25, 0.3) is 0 Å². The quantitative estimate of drug-likeness (QED) is 0.573. The van der Waals surface area contributed by atoms with Gasteiger partial charge in [0.1, 0.15) is 0 Å². The summed E-state index contributed by atoms with van der Waals surface area (Å²) < 4.78 is 31.9. The lowest BCUT2D eigenvalue weighted by Crippen LogP contribution is -2.44. The molecule has 2 N–H and O–H groups in total. The summed E-state index contributed by atoms with van der Waals surface area (Å²) in [5, 5.41) is 6.52. The van der Waals surface area contributed by atoms with E-state index in [1.807, 2.05) is 13.8 Å². The minimum atomic E-state index is -0.819. The molecule has 0 bridgehead atoms. The highest BCUT2D eigenvalue weighted by molar-refractivity contribution is 5.79. The molecule has 26 heavy (non-hydrogen) atoms. The number of rotatable bonds is 7. The largest absolute Gasteiger partial charge is 0.379 e. The average molecular weight is 368 g/mol. The third-order valence-electron chi connectivity index (χ3n) is 4.62. The van der Waals surface area contributed by atoms with Crippen LogP contribution < -0.4 is 10.6 Å². The van der Waals surface area contributed by atoms with Crippen molar-refractivity contribution in [3.8, 4) is 0 Å². The second kappa shape index (κ2) is 10.4. The molecule has 1 aromatic carbocycles. The van der Waals surface area contributed by atoms with Crippen LogP contribution in [0.5, 0.6) is 0 Å². The van der Waals surface area contributed by atoms with Gasteiger partial charge in [-0.1, -0.05) is 13.0 Å². The van der Waals surface area contributed by atoms with E-state index in [0.717, 1.165) is 44.4 Å². The molecule has 0 radical (unpaired) electrons. The number of benzene rings is 1. The number of halogens is 2. The van der Waals surface area contributed by atoms with E-state index in [1.165, 1.54) is 12.1 Å². The molecule has 1 aliphatic heterocycles. The van der Waals surface area contributed by atoms with Gasteiger partial charge in [-0.25, -0.2) is 8.78 Å². The van der Waals surface area contributed by atoms with E-state index in [2.05, 4.69) is 27.4 Å². The SMILES string of the molecule is CCNC(=NCC(C)N1CCOCC1)NCC(C)c1ccc(F)c(F)c1. The molecule has 2 rings (SSSR count). The first kappa shape index (κ1) is 20.6. The van der Waals surface area contributed by atoms with Crippen LogP contribution in [0, 0.1) is 11.6 Å². The molecule has 0 aromatic heterocycles. The summed E-state index contributed by atoms with van der Waals surface area (Å²) in [6, 6.07) is 4.39. The Bertz CT molecular complexity index is 591. The molecule has 1 heterocycles. The van der Waals surface area contributed by atoms with Gasteiger partial charge in [0.25, 0.3) is 0 Å². The van der Waals surface area contributed by atoms with E-state index in [1.54, 1.807) is 6.07 Å². The molecule has 1 aliphatic rings. The monoisotopic (exact) mass is 368 g/mol. The highest BCUT2D eigenvalue weighted by Crippen LogP contribution is 2.17. The van der Waals surface area contributed by atoms with Gasteiger partial charge in [0, 0.05) is 32.2 Å². The van der Waals surface area contributed by atoms with Gasteiger partial charge in [-0.3, -0.25) is 9.89 Å². The van der Waals surface area contributed by atoms with Crippen LogP contribution in [0.2, 0.25) is 0 Å². The van der Waals surface area contributed by atoms with Crippen LogP contribution in [0.15, 0.2) is 23.2 Å². The summed E-state index contributed by atoms with van der Waals surface area (Å²) in [7, 11) is 0. The summed E-state index contributed by atoms with van der Waals surface area (Å²) in [6.07, 6.45) is 0. The summed E-state index contributed by atoms with van der Waals surface area (Å²) in [5.41, 5.74) is 0.758. The molecule has 0 aliphatic carbocycles. The fraction of sp³-hybridized carbons (Fsp3) is 0.632. The maximum absolute atomic E-state index is 13.4. The number of nitrogens with one attached hydrogen (secondary N) is 2. The predicted molar refractivity (Wildman–Crippen MR) is 101 cm³/mol. The number of ether oxygens (including phenoxy) is 1. The van der Waals surface area contributed by atoms with Crippen LogP contribution in [-0.4, -0.2) is 62.8 Å². The summed E-state index contributed by atoms with van der Waals surface area (Å²) in [4.78, 5) is 7.04. The third kappa shape index (κ3) is 6.21. The minimum absolute atomic E-state index is 0.0330. The van der Waals surface area contributed by atoms with Crippen LogP contribution in [0.1, 0.15) is 32.3 Å². The van der Waals surface area contributed by atoms with Gasteiger partial charge in [-0.05, 0) is 37.5 Å². The Kier molecular flexibility index (Phi) is 8.25. The number of aliphatic imine (C=N–C) groups is 1. The lowest BCUT2D eigenvalue weighted by Gasteiger charge is -2.31. The second-order valence-electron chi connectivity index (χ2n) is 6.67. The molecule has 2 unspecified atom stereocenters. The molecular formula is C19H30F2N4O. The normalized spacial score (nSPS) is 18.4. The van der Waals surface area contributed by atoms with Crippen molar-refractivity contribution in [2.75, 3.05) is 45.9 Å². The third-order valence-corrected chi connectivity index (χ3v) is 4.62. The Labute approximate surface area is 154 Å². The van der Waals surface area contributed by atoms with Gasteiger partial charge < -0.3 is 15.4 Å². The predicted octanol–water partition coefficient (Wildman–Crippen LogP) is 2.34. The zero-order valence-electron chi connectivity index (χ0n) is 15.9. The Hall–Kier alpha value is -1.73. The van der Waals surface area contributed by atoms with Crippen molar-refractivity contribution in [3.63, 3.8) is 0 Å². The van der Waals surface area contributed by atoms with Gasteiger partial charge in [0.15, 0.2) is 17.6 Å². The van der Waals surface area contributed by atoms with E-state index in [0.29, 0.717) is 19.1 Å². The summed E-state index contributed by atoms with van der Waals surface area (Å²) in [6.45, 7) is 11.6. The summed E-state index contributed by atoms with van der Waals surface area (Å²) >= 11 is 0. The second-order valence-corrected chi connectivity index (χ2v) is 6.67. The van der Waals surface area contributed by atoms with E-state index >= 15 is 0 Å². The Morgan fingerprint density at radius 2 is 1.92 bits per heavy atom. The van der Waals surface area contributed by atoms with E-state index in [4.69, 9.17) is 4.74 Å². The first-order valence-corrected chi connectivity index (χ1v) is 9.30. The Balaban J connectivity index is 1.88. The van der Waals surface area contributed by atoms with Gasteiger partial charge in [-0.15, -0.1) is 0 Å². The summed E-state index contributed by atoms with van der Waals surface area (Å²) in [5.74, 6) is -0.858. The number of morpholine rings is 1. The molecule has 0 saturated carbocycles. The molecule has 2 atom stereocenters. The highest BCUT2D eigenvalue weighted by Gasteiger charge is 2.17. The molecule has 1 fully saturated rings. The molecule has 7 heteroatoms. The zero-order chi connectivity index (χ0) is 18.9. The fourth-order valence-electron chi connectivity index (χ4n) is 2.89. The minimum Gasteiger partial charge on any atom is -0.379 e. The first-order valence-electron chi connectivity index (χ1n) is 9.30. The Morgan fingerprint density at radius 1 is 1.19 bits per heavy atom. The van der Waals surface area contributed by atoms with Crippen molar-refractivity contribution < 1.29 is 13.5 Å². The molecule has 1 saturated heterocycles. The van der Waals surface area contributed by atoms with E-state index in [-0.39, 0.29) is 5.92 Å². The topological polar surface area (TPSA) is 48.9 Å². The molecule has 5 nitrogen and oxygen atoms in total. The standard InChI is InChI=1S/C19H30F2N4O/c1-4-22-19(24-13-15(3)25-7-9-26-10-8-25)23-12-14(2)16-5-6-17(20)18(21)11-16/h5-6,11,14-15H,4,7-10,12-13H2,1-3H3,(H2,22,23,24). The maximum Gasteiger partial charge on any atom is 0.191 e. The van der Waals surface area contributed by atoms with Crippen LogP contribution in [0.4, 0.5) is 8.78 Å². The molecule has 1 aromatic rings. The van der Waals surface area contributed by atoms with Gasteiger partial charge in [0.2, 0.25) is 0 Å². The van der Waals surface area contributed by atoms with E-state index in [9.17, 15) is 8.78 Å². The van der Waals surface area contributed by atoms with Crippen LogP contribution in [0.3, 0.4) is 0 Å². The molecule has 0 spiro atoms.